The molecular weight excluding hydrogens is 150 g/mol. The summed E-state index contributed by atoms with van der Waals surface area (Å²) in [5.74, 6) is 1.71. The Morgan fingerprint density at radius 3 is 3.25 bits per heavy atom. The second-order valence-electron chi connectivity index (χ2n) is 3.72. The highest BCUT2D eigenvalue weighted by Gasteiger charge is 2.17. The predicted octanol–water partition coefficient (Wildman–Crippen LogP) is 2.89. The summed E-state index contributed by atoms with van der Waals surface area (Å²) in [7, 11) is 0. The molecule has 2 rings (SSSR count). The number of fused-ring (bicyclic) bond motifs is 1. The van der Waals surface area contributed by atoms with Crippen LogP contribution in [0.2, 0.25) is 0 Å². The Kier molecular flexibility index (Phi) is 2.15. The fraction of sp³-hybridized carbons (Fsp3) is 0.700. The lowest BCUT2D eigenvalue weighted by molar-refractivity contribution is 0.351. The van der Waals surface area contributed by atoms with Gasteiger partial charge in [-0.1, -0.05) is 24.9 Å². The van der Waals surface area contributed by atoms with Gasteiger partial charge in [0.05, 0.1) is 6.20 Å². The fourth-order valence-electron chi connectivity index (χ4n) is 1.94. The Morgan fingerprint density at radius 2 is 2.33 bits per heavy atom. The number of hydrogen-bond acceptors (Lipinski definition) is 2. The quantitative estimate of drug-likeness (QED) is 0.590. The van der Waals surface area contributed by atoms with Gasteiger partial charge in [-0.05, 0) is 19.3 Å². The van der Waals surface area contributed by atoms with Crippen LogP contribution in [0, 0.1) is 0 Å². The predicted molar refractivity (Wildman–Crippen MR) is 47.1 cm³/mol. The van der Waals surface area contributed by atoms with E-state index < -0.39 is 0 Å². The lowest BCUT2D eigenvalue weighted by Crippen LogP contribution is -2.00. The van der Waals surface area contributed by atoms with E-state index in [9.17, 15) is 0 Å². The lowest BCUT2D eigenvalue weighted by Gasteiger charge is -2.12. The summed E-state index contributed by atoms with van der Waals surface area (Å²) < 4.78 is 5.25. The summed E-state index contributed by atoms with van der Waals surface area (Å²) in [5, 5.41) is 3.86. The van der Waals surface area contributed by atoms with Crippen molar-refractivity contribution in [1.82, 2.24) is 5.16 Å². The molecule has 1 atom stereocenters. The molecule has 1 aliphatic carbocycles. The summed E-state index contributed by atoms with van der Waals surface area (Å²) in [6, 6.07) is 0. The van der Waals surface area contributed by atoms with Gasteiger partial charge in [-0.3, -0.25) is 0 Å². The molecule has 0 amide bonds. The Hall–Kier alpha value is -0.790. The first-order valence-electron chi connectivity index (χ1n) is 4.81. The Balaban J connectivity index is 2.25. The summed E-state index contributed by atoms with van der Waals surface area (Å²) in [6.45, 7) is 2.23. The van der Waals surface area contributed by atoms with E-state index in [-0.39, 0.29) is 0 Å². The van der Waals surface area contributed by atoms with Crippen LogP contribution in [0.1, 0.15) is 49.8 Å². The molecule has 1 aromatic rings. The highest BCUT2D eigenvalue weighted by Crippen LogP contribution is 2.28. The van der Waals surface area contributed by atoms with Crippen LogP contribution >= 0.6 is 0 Å². The van der Waals surface area contributed by atoms with Gasteiger partial charge in [-0.2, -0.15) is 0 Å². The molecule has 0 N–H and O–H groups in total. The van der Waals surface area contributed by atoms with Crippen LogP contribution in [0.25, 0.3) is 0 Å². The van der Waals surface area contributed by atoms with E-state index in [1.54, 1.807) is 0 Å². The van der Waals surface area contributed by atoms with E-state index >= 15 is 0 Å². The molecule has 0 spiro atoms. The number of aryl methyl sites for hydroxylation is 1. The third-order valence-corrected chi connectivity index (χ3v) is 2.71. The van der Waals surface area contributed by atoms with Crippen molar-refractivity contribution in [2.24, 2.45) is 0 Å². The van der Waals surface area contributed by atoms with E-state index in [0.717, 1.165) is 12.2 Å². The van der Waals surface area contributed by atoms with Crippen molar-refractivity contribution < 1.29 is 4.52 Å². The summed E-state index contributed by atoms with van der Waals surface area (Å²) in [6.07, 6.45) is 8.28. The second kappa shape index (κ2) is 3.30. The minimum atomic E-state index is 0.572. The van der Waals surface area contributed by atoms with Crippen LogP contribution in [-0.2, 0) is 6.42 Å². The van der Waals surface area contributed by atoms with Gasteiger partial charge < -0.3 is 4.52 Å². The summed E-state index contributed by atoms with van der Waals surface area (Å²) >= 11 is 0. The van der Waals surface area contributed by atoms with E-state index in [2.05, 4.69) is 12.1 Å². The topological polar surface area (TPSA) is 26.0 Å². The molecule has 0 aromatic carbocycles. The van der Waals surface area contributed by atoms with Crippen molar-refractivity contribution in [2.45, 2.75) is 44.9 Å². The van der Waals surface area contributed by atoms with Crippen molar-refractivity contribution in [3.8, 4) is 0 Å². The maximum atomic E-state index is 5.25. The van der Waals surface area contributed by atoms with Crippen molar-refractivity contribution in [3.05, 3.63) is 17.5 Å². The average molecular weight is 165 g/mol. The van der Waals surface area contributed by atoms with Gasteiger partial charge in [0.1, 0.15) is 5.76 Å². The van der Waals surface area contributed by atoms with E-state index in [1.807, 2.05) is 6.20 Å². The molecule has 2 heteroatoms. The first-order chi connectivity index (χ1) is 5.88. The van der Waals surface area contributed by atoms with Gasteiger partial charge >= 0.3 is 0 Å². The minimum Gasteiger partial charge on any atom is -0.361 e. The van der Waals surface area contributed by atoms with Crippen molar-refractivity contribution in [1.29, 1.82) is 0 Å². The SMILES string of the molecule is C[C@@H]1CCCCCc2cnoc21. The van der Waals surface area contributed by atoms with Gasteiger partial charge in [0.2, 0.25) is 0 Å². The van der Waals surface area contributed by atoms with Crippen LogP contribution in [0.15, 0.2) is 10.7 Å². The molecule has 0 aliphatic heterocycles. The molecule has 0 unspecified atom stereocenters. The fourth-order valence-corrected chi connectivity index (χ4v) is 1.94. The van der Waals surface area contributed by atoms with Gasteiger partial charge in [0.15, 0.2) is 0 Å². The van der Waals surface area contributed by atoms with Crippen molar-refractivity contribution in [2.75, 3.05) is 0 Å². The van der Waals surface area contributed by atoms with Crippen LogP contribution in [0.3, 0.4) is 0 Å². The Bertz CT molecular complexity index is 254. The standard InChI is InChI=1S/C10H15NO/c1-8-5-3-2-4-6-9-7-11-12-10(8)9/h7-8H,2-6H2,1H3/t8-/m1/s1. The van der Waals surface area contributed by atoms with Crippen LogP contribution in [0.4, 0.5) is 0 Å². The third-order valence-electron chi connectivity index (χ3n) is 2.71. The van der Waals surface area contributed by atoms with Crippen molar-refractivity contribution in [3.63, 3.8) is 0 Å². The molecule has 0 saturated heterocycles. The first-order valence-corrected chi connectivity index (χ1v) is 4.81. The number of aromatic nitrogens is 1. The smallest absolute Gasteiger partial charge is 0.142 e. The molecule has 1 aliphatic rings. The van der Waals surface area contributed by atoms with E-state index in [4.69, 9.17) is 4.52 Å². The van der Waals surface area contributed by atoms with Crippen LogP contribution in [-0.4, -0.2) is 5.16 Å². The highest BCUT2D eigenvalue weighted by molar-refractivity contribution is 5.17. The summed E-state index contributed by atoms with van der Waals surface area (Å²) in [4.78, 5) is 0. The first kappa shape index (κ1) is 7.84. The van der Waals surface area contributed by atoms with E-state index in [0.29, 0.717) is 5.92 Å². The summed E-state index contributed by atoms with van der Waals surface area (Å²) in [5.41, 5.74) is 1.34. The van der Waals surface area contributed by atoms with Crippen LogP contribution in [0.5, 0.6) is 0 Å². The molecule has 66 valence electrons. The number of nitrogens with zero attached hydrogens (tertiary/aromatic N) is 1. The zero-order valence-electron chi connectivity index (χ0n) is 7.55. The largest absolute Gasteiger partial charge is 0.361 e. The molecule has 12 heavy (non-hydrogen) atoms. The van der Waals surface area contributed by atoms with Crippen molar-refractivity contribution >= 4 is 0 Å². The molecule has 0 saturated carbocycles. The normalized spacial score (nSPS) is 24.2. The highest BCUT2D eigenvalue weighted by atomic mass is 16.5. The zero-order valence-corrected chi connectivity index (χ0v) is 7.55. The number of rotatable bonds is 0. The average Bonchev–Trinajstić information content (AvgIpc) is 2.47. The Morgan fingerprint density at radius 1 is 1.42 bits per heavy atom. The van der Waals surface area contributed by atoms with Gasteiger partial charge in [0, 0.05) is 11.5 Å². The molecular formula is C10H15NO. The Labute approximate surface area is 72.9 Å². The maximum absolute atomic E-state index is 5.25. The van der Waals surface area contributed by atoms with Gasteiger partial charge in [-0.25, -0.2) is 0 Å². The third kappa shape index (κ3) is 1.38. The van der Waals surface area contributed by atoms with E-state index in [1.165, 1.54) is 31.2 Å². The van der Waals surface area contributed by atoms with Crippen LogP contribution < -0.4 is 0 Å². The molecule has 1 aromatic heterocycles. The zero-order chi connectivity index (χ0) is 8.39. The second-order valence-corrected chi connectivity index (χ2v) is 3.72. The molecule has 0 bridgehead atoms. The van der Waals surface area contributed by atoms with Gasteiger partial charge in [0.25, 0.3) is 0 Å². The number of hydrogen-bond donors (Lipinski definition) is 0. The van der Waals surface area contributed by atoms with Gasteiger partial charge in [-0.15, -0.1) is 0 Å². The minimum absolute atomic E-state index is 0.572. The monoisotopic (exact) mass is 165 g/mol. The molecule has 2 nitrogen and oxygen atoms in total. The molecule has 1 heterocycles. The lowest BCUT2D eigenvalue weighted by atomic mass is 9.92. The molecule has 0 radical (unpaired) electrons. The molecule has 0 fully saturated rings. The maximum Gasteiger partial charge on any atom is 0.142 e.